The summed E-state index contributed by atoms with van der Waals surface area (Å²) >= 11 is 0. The summed E-state index contributed by atoms with van der Waals surface area (Å²) in [7, 11) is -3.17. The van der Waals surface area contributed by atoms with Gasteiger partial charge in [-0.2, -0.15) is 5.10 Å². The first kappa shape index (κ1) is 21.2. The van der Waals surface area contributed by atoms with Crippen LogP contribution in [0.4, 0.5) is 0 Å². The summed E-state index contributed by atoms with van der Waals surface area (Å²) in [5, 5.41) is 7.13. The topological polar surface area (TPSA) is 96.8 Å². The predicted octanol–water partition coefficient (Wildman–Crippen LogP) is 0.148. The highest BCUT2D eigenvalue weighted by Gasteiger charge is 2.35. The molecule has 0 spiro atoms. The van der Waals surface area contributed by atoms with Gasteiger partial charge in [-0.25, -0.2) is 12.7 Å². The molecule has 2 fully saturated rings. The quantitative estimate of drug-likeness (QED) is 0.652. The van der Waals surface area contributed by atoms with Crippen LogP contribution >= 0.6 is 0 Å². The fourth-order valence-electron chi connectivity index (χ4n) is 4.13. The lowest BCUT2D eigenvalue weighted by molar-refractivity contribution is 0.0194. The molecule has 0 aromatic carbocycles. The number of ether oxygens (including phenoxy) is 1. The van der Waals surface area contributed by atoms with Crippen molar-refractivity contribution in [2.75, 3.05) is 45.6 Å². The van der Waals surface area contributed by atoms with E-state index in [-0.39, 0.29) is 11.9 Å². The number of aryl methyl sites for hydroxylation is 1. The second kappa shape index (κ2) is 9.34. The van der Waals surface area contributed by atoms with E-state index in [0.717, 1.165) is 32.5 Å². The molecule has 9 nitrogen and oxygen atoms in total. The van der Waals surface area contributed by atoms with E-state index in [2.05, 4.69) is 15.3 Å². The number of hydrogen-bond acceptors (Lipinski definition) is 6. The van der Waals surface area contributed by atoms with Gasteiger partial charge in [0.25, 0.3) is 5.91 Å². The zero-order valence-corrected chi connectivity index (χ0v) is 17.5. The van der Waals surface area contributed by atoms with Crippen LogP contribution < -0.4 is 5.32 Å². The van der Waals surface area contributed by atoms with Crippen molar-refractivity contribution in [2.24, 2.45) is 0 Å². The van der Waals surface area contributed by atoms with E-state index in [1.807, 2.05) is 6.92 Å². The van der Waals surface area contributed by atoms with E-state index >= 15 is 0 Å². The largest absolute Gasteiger partial charge is 0.381 e. The average molecular weight is 414 g/mol. The smallest absolute Gasteiger partial charge is 0.269 e. The maximum Gasteiger partial charge on any atom is 0.269 e. The number of nitrogens with one attached hydrogen (secondary N) is 1. The number of carbonyl (C=O) groups excluding carboxylic acids is 1. The first-order valence-corrected chi connectivity index (χ1v) is 11.8. The SMILES string of the molecule is CCn1nccc1C(=O)NCCN(C1CCOCC1)C1CCN(S(C)(=O)=O)C1. The number of aromatic nitrogens is 2. The van der Waals surface area contributed by atoms with Crippen LogP contribution in [0.3, 0.4) is 0 Å². The van der Waals surface area contributed by atoms with E-state index in [9.17, 15) is 13.2 Å². The summed E-state index contributed by atoms with van der Waals surface area (Å²) in [6.07, 6.45) is 5.59. The molecule has 0 aliphatic carbocycles. The van der Waals surface area contributed by atoms with Crippen LogP contribution in [0.15, 0.2) is 12.3 Å². The Kier molecular flexibility index (Phi) is 7.08. The molecule has 28 heavy (non-hydrogen) atoms. The molecule has 1 unspecified atom stereocenters. The average Bonchev–Trinajstić information content (AvgIpc) is 3.34. The van der Waals surface area contributed by atoms with Crippen LogP contribution in [0.2, 0.25) is 0 Å². The molecule has 3 rings (SSSR count). The number of rotatable bonds is 8. The van der Waals surface area contributed by atoms with Gasteiger partial charge in [0.15, 0.2) is 0 Å². The number of amides is 1. The number of sulfonamides is 1. The summed E-state index contributed by atoms with van der Waals surface area (Å²) in [4.78, 5) is 14.8. The minimum Gasteiger partial charge on any atom is -0.381 e. The molecule has 2 aliphatic rings. The third-order valence-corrected chi connectivity index (χ3v) is 6.90. The third kappa shape index (κ3) is 5.11. The molecular formula is C18H31N5O4S. The van der Waals surface area contributed by atoms with Crippen molar-refractivity contribution < 1.29 is 17.9 Å². The fourth-order valence-corrected chi connectivity index (χ4v) is 5.01. The van der Waals surface area contributed by atoms with E-state index in [1.54, 1.807) is 21.3 Å². The van der Waals surface area contributed by atoms with E-state index < -0.39 is 10.0 Å². The highest BCUT2D eigenvalue weighted by Crippen LogP contribution is 2.24. The Hall–Kier alpha value is -1.49. The normalized spacial score (nSPS) is 22.0. The van der Waals surface area contributed by atoms with Gasteiger partial charge >= 0.3 is 0 Å². The van der Waals surface area contributed by atoms with Gasteiger partial charge in [0.1, 0.15) is 5.69 Å². The highest BCUT2D eigenvalue weighted by molar-refractivity contribution is 7.88. The molecule has 1 amide bonds. The Morgan fingerprint density at radius 2 is 2.07 bits per heavy atom. The van der Waals surface area contributed by atoms with Crippen molar-refractivity contribution in [3.63, 3.8) is 0 Å². The monoisotopic (exact) mass is 413 g/mol. The van der Waals surface area contributed by atoms with Gasteiger partial charge in [0.05, 0.1) is 6.26 Å². The minimum atomic E-state index is -3.17. The molecule has 1 N–H and O–H groups in total. The molecule has 158 valence electrons. The fraction of sp³-hybridized carbons (Fsp3) is 0.778. The molecule has 1 atom stereocenters. The van der Waals surface area contributed by atoms with Crippen molar-refractivity contribution in [1.29, 1.82) is 0 Å². The van der Waals surface area contributed by atoms with E-state index in [4.69, 9.17) is 4.74 Å². The molecule has 2 saturated heterocycles. The van der Waals surface area contributed by atoms with Crippen LogP contribution in [0.5, 0.6) is 0 Å². The molecule has 0 radical (unpaired) electrons. The maximum absolute atomic E-state index is 12.5. The Morgan fingerprint density at radius 3 is 2.71 bits per heavy atom. The van der Waals surface area contributed by atoms with Gasteiger partial charge < -0.3 is 10.1 Å². The predicted molar refractivity (Wildman–Crippen MR) is 106 cm³/mol. The second-order valence-electron chi connectivity index (χ2n) is 7.43. The van der Waals surface area contributed by atoms with E-state index in [0.29, 0.717) is 44.5 Å². The van der Waals surface area contributed by atoms with Gasteiger partial charge in [-0.15, -0.1) is 0 Å². The second-order valence-corrected chi connectivity index (χ2v) is 9.42. The van der Waals surface area contributed by atoms with Crippen LogP contribution in [-0.4, -0.2) is 91.0 Å². The summed E-state index contributed by atoms with van der Waals surface area (Å²) < 4.78 is 32.5. The third-order valence-electron chi connectivity index (χ3n) is 5.63. The highest BCUT2D eigenvalue weighted by atomic mass is 32.2. The molecule has 3 heterocycles. The van der Waals surface area contributed by atoms with Crippen LogP contribution in [-0.2, 0) is 21.3 Å². The minimum absolute atomic E-state index is 0.129. The maximum atomic E-state index is 12.5. The van der Waals surface area contributed by atoms with Crippen molar-refractivity contribution in [3.8, 4) is 0 Å². The first-order chi connectivity index (χ1) is 13.4. The molecule has 0 bridgehead atoms. The lowest BCUT2D eigenvalue weighted by Gasteiger charge is -2.38. The van der Waals surface area contributed by atoms with Gasteiger partial charge in [-0.3, -0.25) is 14.4 Å². The Morgan fingerprint density at radius 1 is 1.32 bits per heavy atom. The molecular weight excluding hydrogens is 382 g/mol. The van der Waals surface area contributed by atoms with Crippen molar-refractivity contribution in [2.45, 2.75) is 44.8 Å². The zero-order valence-electron chi connectivity index (χ0n) is 16.7. The Bertz CT molecular complexity index is 760. The van der Waals surface area contributed by atoms with Gasteiger partial charge in [-0.05, 0) is 32.3 Å². The van der Waals surface area contributed by atoms with Crippen molar-refractivity contribution in [1.82, 2.24) is 24.3 Å². The number of nitrogens with zero attached hydrogens (tertiary/aromatic N) is 4. The van der Waals surface area contributed by atoms with Crippen LogP contribution in [0, 0.1) is 0 Å². The number of carbonyl (C=O) groups is 1. The van der Waals surface area contributed by atoms with Crippen molar-refractivity contribution in [3.05, 3.63) is 18.0 Å². The molecule has 2 aliphatic heterocycles. The molecule has 10 heteroatoms. The Balaban J connectivity index is 1.60. The number of hydrogen-bond donors (Lipinski definition) is 1. The summed E-state index contributed by atoms with van der Waals surface area (Å²) in [5.74, 6) is -0.129. The van der Waals surface area contributed by atoms with Crippen molar-refractivity contribution >= 4 is 15.9 Å². The summed E-state index contributed by atoms with van der Waals surface area (Å²) in [5.41, 5.74) is 0.559. The molecule has 1 aromatic rings. The Labute approximate surface area is 167 Å². The first-order valence-electron chi connectivity index (χ1n) is 9.98. The van der Waals surface area contributed by atoms with E-state index in [1.165, 1.54) is 6.26 Å². The molecule has 1 aromatic heterocycles. The summed E-state index contributed by atoms with van der Waals surface area (Å²) in [6, 6.07) is 2.25. The van der Waals surface area contributed by atoms with Crippen LogP contribution in [0.1, 0.15) is 36.7 Å². The molecule has 0 saturated carbocycles. The van der Waals surface area contributed by atoms with Gasteiger partial charge in [-0.1, -0.05) is 0 Å². The van der Waals surface area contributed by atoms with Crippen LogP contribution in [0.25, 0.3) is 0 Å². The van der Waals surface area contributed by atoms with Gasteiger partial charge in [0.2, 0.25) is 10.0 Å². The van der Waals surface area contributed by atoms with Gasteiger partial charge in [0, 0.05) is 64.2 Å². The standard InChI is InChI=1S/C18H31N5O4S/c1-3-23-17(4-8-20-23)18(24)19-9-11-22(15-6-12-27-13-7-15)16-5-10-21(14-16)28(2,25)26/h4,8,15-16H,3,5-7,9-14H2,1-2H3,(H,19,24). The lowest BCUT2D eigenvalue weighted by atomic mass is 10.0. The lowest BCUT2D eigenvalue weighted by Crippen LogP contribution is -2.50. The zero-order chi connectivity index (χ0) is 20.1. The summed E-state index contributed by atoms with van der Waals surface area (Å²) in [6.45, 7) is 6.34.